The highest BCUT2D eigenvalue weighted by Crippen LogP contribution is 2.17. The van der Waals surface area contributed by atoms with Crippen LogP contribution in [0.5, 0.6) is 0 Å². The molecule has 0 saturated carbocycles. The first kappa shape index (κ1) is 10.2. The van der Waals surface area contributed by atoms with Crippen LogP contribution in [0, 0.1) is 0 Å². The lowest BCUT2D eigenvalue weighted by Crippen LogP contribution is -2.27. The van der Waals surface area contributed by atoms with Gasteiger partial charge in [0.15, 0.2) is 0 Å². The number of furan rings is 1. The number of nitrogens with one attached hydrogen (secondary N) is 1. The van der Waals surface area contributed by atoms with E-state index in [1.807, 2.05) is 18.4 Å². The van der Waals surface area contributed by atoms with Gasteiger partial charge in [0.05, 0.1) is 12.3 Å². The maximum Gasteiger partial charge on any atom is 0.217 e. The van der Waals surface area contributed by atoms with Crippen LogP contribution in [0.15, 0.2) is 22.8 Å². The molecule has 1 aromatic rings. The number of amides is 1. The Morgan fingerprint density at radius 3 is 3.00 bits per heavy atom. The number of rotatable bonds is 4. The lowest BCUT2D eigenvalue weighted by molar-refractivity contribution is -0.119. The van der Waals surface area contributed by atoms with Crippen molar-refractivity contribution < 1.29 is 9.21 Å². The van der Waals surface area contributed by atoms with E-state index in [-0.39, 0.29) is 11.9 Å². The van der Waals surface area contributed by atoms with Gasteiger partial charge < -0.3 is 9.73 Å². The van der Waals surface area contributed by atoms with Gasteiger partial charge in [0.2, 0.25) is 5.91 Å². The van der Waals surface area contributed by atoms with E-state index in [0.29, 0.717) is 0 Å². The monoisotopic (exact) mass is 199 g/mol. The highest BCUT2D eigenvalue weighted by molar-refractivity contribution is 7.98. The van der Waals surface area contributed by atoms with E-state index in [4.69, 9.17) is 4.42 Å². The van der Waals surface area contributed by atoms with Gasteiger partial charge in [0, 0.05) is 12.7 Å². The predicted octanol–water partition coefficient (Wildman–Crippen LogP) is 1.82. The summed E-state index contributed by atoms with van der Waals surface area (Å²) in [6.45, 7) is 1.51. The molecule has 0 radical (unpaired) electrons. The summed E-state index contributed by atoms with van der Waals surface area (Å²) >= 11 is 1.68. The quantitative estimate of drug-likeness (QED) is 0.804. The summed E-state index contributed by atoms with van der Waals surface area (Å²) in [6, 6.07) is 3.68. The maximum absolute atomic E-state index is 10.9. The molecule has 72 valence electrons. The third-order valence-electron chi connectivity index (χ3n) is 1.60. The molecule has 0 spiro atoms. The smallest absolute Gasteiger partial charge is 0.217 e. The van der Waals surface area contributed by atoms with Crippen LogP contribution in [0.4, 0.5) is 0 Å². The average molecular weight is 199 g/mol. The van der Waals surface area contributed by atoms with Gasteiger partial charge in [-0.1, -0.05) is 0 Å². The zero-order chi connectivity index (χ0) is 9.68. The first-order chi connectivity index (χ1) is 6.24. The standard InChI is InChI=1S/C9H13NO2S/c1-7(11)10-8(6-13-2)9-4-3-5-12-9/h3-5,8H,6H2,1-2H3,(H,10,11)/t8-/m1/s1. The van der Waals surface area contributed by atoms with Crippen molar-refractivity contribution in [2.75, 3.05) is 12.0 Å². The molecule has 0 bridgehead atoms. The van der Waals surface area contributed by atoms with Gasteiger partial charge in [-0.25, -0.2) is 0 Å². The molecule has 1 heterocycles. The molecule has 1 aromatic heterocycles. The molecular weight excluding hydrogens is 186 g/mol. The van der Waals surface area contributed by atoms with E-state index in [1.54, 1.807) is 18.0 Å². The molecule has 3 nitrogen and oxygen atoms in total. The lowest BCUT2D eigenvalue weighted by Gasteiger charge is -2.13. The van der Waals surface area contributed by atoms with Crippen molar-refractivity contribution in [3.63, 3.8) is 0 Å². The highest BCUT2D eigenvalue weighted by atomic mass is 32.2. The summed E-state index contributed by atoms with van der Waals surface area (Å²) in [7, 11) is 0. The molecule has 4 heteroatoms. The Morgan fingerprint density at radius 2 is 2.54 bits per heavy atom. The second-order valence-electron chi connectivity index (χ2n) is 2.72. The molecule has 0 aromatic carbocycles. The van der Waals surface area contributed by atoms with Crippen LogP contribution in [-0.4, -0.2) is 17.9 Å². The second-order valence-corrected chi connectivity index (χ2v) is 3.63. The fourth-order valence-corrected chi connectivity index (χ4v) is 1.68. The van der Waals surface area contributed by atoms with Crippen LogP contribution >= 0.6 is 11.8 Å². The molecule has 0 unspecified atom stereocenters. The minimum absolute atomic E-state index is 0.0116. The van der Waals surface area contributed by atoms with Gasteiger partial charge in [-0.2, -0.15) is 11.8 Å². The summed E-state index contributed by atoms with van der Waals surface area (Å²) in [5, 5.41) is 2.83. The van der Waals surface area contributed by atoms with Gasteiger partial charge in [-0.05, 0) is 18.4 Å². The summed E-state index contributed by atoms with van der Waals surface area (Å²) in [4.78, 5) is 10.9. The number of hydrogen-bond acceptors (Lipinski definition) is 3. The Kier molecular flexibility index (Phi) is 3.89. The summed E-state index contributed by atoms with van der Waals surface area (Å²) < 4.78 is 5.22. The van der Waals surface area contributed by atoms with Crippen molar-refractivity contribution in [2.24, 2.45) is 0 Å². The first-order valence-corrected chi connectivity index (χ1v) is 5.43. The summed E-state index contributed by atoms with van der Waals surface area (Å²) in [5.41, 5.74) is 0. The molecular formula is C9H13NO2S. The molecule has 0 aliphatic carbocycles. The fourth-order valence-electron chi connectivity index (χ4n) is 1.10. The maximum atomic E-state index is 10.9. The Morgan fingerprint density at radius 1 is 1.77 bits per heavy atom. The molecule has 0 aliphatic rings. The minimum Gasteiger partial charge on any atom is -0.467 e. The first-order valence-electron chi connectivity index (χ1n) is 4.03. The van der Waals surface area contributed by atoms with E-state index >= 15 is 0 Å². The third-order valence-corrected chi connectivity index (χ3v) is 2.26. The fraction of sp³-hybridized carbons (Fsp3) is 0.444. The van der Waals surface area contributed by atoms with Gasteiger partial charge in [0.25, 0.3) is 0 Å². The van der Waals surface area contributed by atoms with Gasteiger partial charge in [-0.15, -0.1) is 0 Å². The van der Waals surface area contributed by atoms with E-state index < -0.39 is 0 Å². The normalized spacial score (nSPS) is 12.5. The van der Waals surface area contributed by atoms with Crippen LogP contribution < -0.4 is 5.32 Å². The minimum atomic E-state index is -0.0320. The zero-order valence-corrected chi connectivity index (χ0v) is 8.56. The van der Waals surface area contributed by atoms with Gasteiger partial charge in [0.1, 0.15) is 5.76 Å². The number of thioether (sulfide) groups is 1. The SMILES string of the molecule is CSC[C@@H](NC(C)=O)c1ccco1. The Bertz CT molecular complexity index is 259. The number of hydrogen-bond donors (Lipinski definition) is 1. The van der Waals surface area contributed by atoms with Gasteiger partial charge >= 0.3 is 0 Å². The van der Waals surface area contributed by atoms with E-state index in [2.05, 4.69) is 5.32 Å². The molecule has 0 fully saturated rings. The van der Waals surface area contributed by atoms with E-state index in [1.165, 1.54) is 6.92 Å². The topological polar surface area (TPSA) is 42.2 Å². The second kappa shape index (κ2) is 4.97. The van der Waals surface area contributed by atoms with Crippen molar-refractivity contribution in [1.29, 1.82) is 0 Å². The van der Waals surface area contributed by atoms with Crippen LogP contribution in [0.2, 0.25) is 0 Å². The molecule has 1 amide bonds. The summed E-state index contributed by atoms with van der Waals surface area (Å²) in [6.07, 6.45) is 3.61. The van der Waals surface area contributed by atoms with Crippen LogP contribution in [-0.2, 0) is 4.79 Å². The number of carbonyl (C=O) groups is 1. The lowest BCUT2D eigenvalue weighted by atomic mass is 10.2. The van der Waals surface area contributed by atoms with Gasteiger partial charge in [-0.3, -0.25) is 4.79 Å². The molecule has 0 aliphatic heterocycles. The van der Waals surface area contributed by atoms with Crippen LogP contribution in [0.1, 0.15) is 18.7 Å². The van der Waals surface area contributed by atoms with Crippen molar-refractivity contribution >= 4 is 17.7 Å². The van der Waals surface area contributed by atoms with E-state index in [9.17, 15) is 4.79 Å². The number of carbonyl (C=O) groups excluding carboxylic acids is 1. The Hall–Kier alpha value is -0.900. The van der Waals surface area contributed by atoms with Crippen molar-refractivity contribution in [2.45, 2.75) is 13.0 Å². The molecule has 13 heavy (non-hydrogen) atoms. The van der Waals surface area contributed by atoms with Crippen LogP contribution in [0.25, 0.3) is 0 Å². The molecule has 1 rings (SSSR count). The van der Waals surface area contributed by atoms with E-state index in [0.717, 1.165) is 11.5 Å². The zero-order valence-electron chi connectivity index (χ0n) is 7.74. The van der Waals surface area contributed by atoms with Crippen LogP contribution in [0.3, 0.4) is 0 Å². The molecule has 1 atom stereocenters. The van der Waals surface area contributed by atoms with Crippen molar-refractivity contribution in [3.05, 3.63) is 24.2 Å². The highest BCUT2D eigenvalue weighted by Gasteiger charge is 2.13. The van der Waals surface area contributed by atoms with Crippen molar-refractivity contribution in [3.8, 4) is 0 Å². The largest absolute Gasteiger partial charge is 0.467 e. The molecule has 1 N–H and O–H groups in total. The van der Waals surface area contributed by atoms with Crippen molar-refractivity contribution in [1.82, 2.24) is 5.32 Å². The predicted molar refractivity (Wildman–Crippen MR) is 53.6 cm³/mol. The summed E-state index contributed by atoms with van der Waals surface area (Å²) in [5.74, 6) is 1.60. The Labute approximate surface area is 81.9 Å². The molecule has 0 saturated heterocycles. The third kappa shape index (κ3) is 3.14. The Balaban J connectivity index is 2.62. The average Bonchev–Trinajstić information content (AvgIpc) is 2.54.